The van der Waals surface area contributed by atoms with Crippen molar-refractivity contribution in [2.24, 2.45) is 0 Å². The highest BCUT2D eigenvalue weighted by Crippen LogP contribution is 2.05. The van der Waals surface area contributed by atoms with Crippen molar-refractivity contribution in [2.45, 2.75) is 39.0 Å². The van der Waals surface area contributed by atoms with Crippen molar-refractivity contribution in [1.82, 2.24) is 0 Å². The Labute approximate surface area is 95.3 Å². The summed E-state index contributed by atoms with van der Waals surface area (Å²) >= 11 is 0. The van der Waals surface area contributed by atoms with Crippen LogP contribution in [0.1, 0.15) is 39.0 Å². The monoisotopic (exact) mass is 226 g/mol. The summed E-state index contributed by atoms with van der Waals surface area (Å²) in [6.07, 6.45) is 8.99. The Hall–Kier alpha value is -1.58. The summed E-state index contributed by atoms with van der Waals surface area (Å²) in [5.41, 5.74) is -0.192. The highest BCUT2D eigenvalue weighted by atomic mass is 16.4. The van der Waals surface area contributed by atoms with E-state index in [0.29, 0.717) is 6.08 Å². The van der Waals surface area contributed by atoms with E-state index >= 15 is 0 Å². The van der Waals surface area contributed by atoms with E-state index in [0.717, 1.165) is 25.7 Å². The smallest absolute Gasteiger partial charge is 0.335 e. The number of unbranched alkanes of at least 4 members (excludes halogenated alkanes) is 4. The second kappa shape index (κ2) is 8.71. The molecule has 4 heteroatoms. The number of rotatable bonds is 8. The number of hydrogen-bond donors (Lipinski definition) is 2. The van der Waals surface area contributed by atoms with Crippen molar-refractivity contribution in [3.05, 3.63) is 23.8 Å². The quantitative estimate of drug-likeness (QED) is 0.379. The third-order valence-corrected chi connectivity index (χ3v) is 2.05. The topological polar surface area (TPSA) is 74.6 Å². The fraction of sp³-hybridized carbons (Fsp3) is 0.500. The molecule has 0 unspecified atom stereocenters. The van der Waals surface area contributed by atoms with Gasteiger partial charge in [0.15, 0.2) is 0 Å². The first-order valence-electron chi connectivity index (χ1n) is 5.42. The molecule has 0 saturated carbocycles. The summed E-state index contributed by atoms with van der Waals surface area (Å²) in [6, 6.07) is 0. The fourth-order valence-corrected chi connectivity index (χ4v) is 1.21. The maximum atomic E-state index is 10.6. The van der Waals surface area contributed by atoms with Crippen molar-refractivity contribution in [1.29, 1.82) is 0 Å². The van der Waals surface area contributed by atoms with Gasteiger partial charge < -0.3 is 10.2 Å². The van der Waals surface area contributed by atoms with Gasteiger partial charge in [0.05, 0.1) is 5.57 Å². The second-order valence-electron chi connectivity index (χ2n) is 3.49. The molecule has 0 atom stereocenters. The van der Waals surface area contributed by atoms with Gasteiger partial charge in [0.1, 0.15) is 0 Å². The molecule has 2 N–H and O–H groups in total. The van der Waals surface area contributed by atoms with Crippen molar-refractivity contribution in [3.8, 4) is 0 Å². The van der Waals surface area contributed by atoms with Crippen LogP contribution in [0.4, 0.5) is 0 Å². The van der Waals surface area contributed by atoms with Crippen molar-refractivity contribution < 1.29 is 19.8 Å². The molecule has 90 valence electrons. The lowest BCUT2D eigenvalue weighted by Crippen LogP contribution is -2.01. The molecule has 4 nitrogen and oxygen atoms in total. The van der Waals surface area contributed by atoms with Crippen LogP contribution >= 0.6 is 0 Å². The van der Waals surface area contributed by atoms with Crippen LogP contribution in [0.15, 0.2) is 23.8 Å². The van der Waals surface area contributed by atoms with Gasteiger partial charge in [-0.3, -0.25) is 0 Å². The maximum absolute atomic E-state index is 10.6. The number of allylic oxidation sites excluding steroid dienone is 1. The normalized spacial score (nSPS) is 11.9. The zero-order valence-corrected chi connectivity index (χ0v) is 9.48. The minimum absolute atomic E-state index is 0.192. The molecule has 0 aromatic rings. The van der Waals surface area contributed by atoms with Crippen molar-refractivity contribution in [2.75, 3.05) is 0 Å². The first-order chi connectivity index (χ1) is 7.57. The van der Waals surface area contributed by atoms with Gasteiger partial charge >= 0.3 is 11.9 Å². The van der Waals surface area contributed by atoms with Gasteiger partial charge in [0.2, 0.25) is 0 Å². The molecular weight excluding hydrogens is 208 g/mol. The molecule has 0 rings (SSSR count). The summed E-state index contributed by atoms with van der Waals surface area (Å²) in [5, 5.41) is 17.1. The predicted molar refractivity (Wildman–Crippen MR) is 61.3 cm³/mol. The first kappa shape index (κ1) is 14.4. The summed E-state index contributed by atoms with van der Waals surface area (Å²) in [7, 11) is 0. The molecule has 0 aromatic carbocycles. The predicted octanol–water partition coefficient (Wildman–Crippen LogP) is 2.61. The average molecular weight is 226 g/mol. The molecule has 0 bridgehead atoms. The molecule has 0 aliphatic heterocycles. The molecule has 16 heavy (non-hydrogen) atoms. The van der Waals surface area contributed by atoms with Crippen LogP contribution in [0.25, 0.3) is 0 Å². The molecule has 0 aromatic heterocycles. The molecule has 0 aliphatic carbocycles. The molecule has 0 heterocycles. The third kappa shape index (κ3) is 7.79. The van der Waals surface area contributed by atoms with Gasteiger partial charge in [-0.1, -0.05) is 38.3 Å². The Morgan fingerprint density at radius 3 is 2.31 bits per heavy atom. The van der Waals surface area contributed by atoms with Crippen LogP contribution in [-0.4, -0.2) is 22.2 Å². The Balaban J connectivity index is 4.06. The third-order valence-electron chi connectivity index (χ3n) is 2.05. The largest absolute Gasteiger partial charge is 0.478 e. The van der Waals surface area contributed by atoms with Crippen LogP contribution in [0, 0.1) is 0 Å². The Morgan fingerprint density at radius 2 is 1.81 bits per heavy atom. The standard InChI is InChI=1S/C12H18O4/c1-2-3-4-5-6-7-8-10(12(15)16)9-11(13)14/h7-9H,2-6H2,1H3,(H,13,14)(H,15,16)/b8-7+,10-9-. The lowest BCUT2D eigenvalue weighted by atomic mass is 10.1. The minimum atomic E-state index is -1.24. The summed E-state index contributed by atoms with van der Waals surface area (Å²) in [4.78, 5) is 20.9. The summed E-state index contributed by atoms with van der Waals surface area (Å²) in [6.45, 7) is 2.12. The van der Waals surface area contributed by atoms with Crippen LogP contribution < -0.4 is 0 Å². The molecule has 0 radical (unpaired) electrons. The Morgan fingerprint density at radius 1 is 1.12 bits per heavy atom. The number of carboxylic acid groups (broad SMARTS) is 2. The fourth-order valence-electron chi connectivity index (χ4n) is 1.21. The minimum Gasteiger partial charge on any atom is -0.478 e. The summed E-state index contributed by atoms with van der Waals surface area (Å²) < 4.78 is 0. The zero-order chi connectivity index (χ0) is 12.4. The number of hydrogen-bond acceptors (Lipinski definition) is 2. The number of aliphatic carboxylic acids is 2. The van der Waals surface area contributed by atoms with Crippen LogP contribution in [0.3, 0.4) is 0 Å². The first-order valence-corrected chi connectivity index (χ1v) is 5.42. The number of carboxylic acids is 2. The van der Waals surface area contributed by atoms with Gasteiger partial charge in [-0.15, -0.1) is 0 Å². The molecule has 0 aliphatic rings. The van der Waals surface area contributed by atoms with Gasteiger partial charge in [-0.25, -0.2) is 9.59 Å². The Bertz CT molecular complexity index is 289. The Kier molecular flexibility index (Phi) is 7.85. The second-order valence-corrected chi connectivity index (χ2v) is 3.49. The maximum Gasteiger partial charge on any atom is 0.335 e. The van der Waals surface area contributed by atoms with E-state index in [1.54, 1.807) is 6.08 Å². The van der Waals surface area contributed by atoms with E-state index in [4.69, 9.17) is 10.2 Å². The van der Waals surface area contributed by atoms with Gasteiger partial charge in [-0.2, -0.15) is 0 Å². The molecular formula is C12H18O4. The van der Waals surface area contributed by atoms with Crippen LogP contribution in [0.5, 0.6) is 0 Å². The highest BCUT2D eigenvalue weighted by Gasteiger charge is 2.04. The van der Waals surface area contributed by atoms with Gasteiger partial charge in [0, 0.05) is 6.08 Å². The van der Waals surface area contributed by atoms with E-state index in [2.05, 4.69) is 6.92 Å². The zero-order valence-electron chi connectivity index (χ0n) is 9.48. The molecule has 0 spiro atoms. The van der Waals surface area contributed by atoms with Gasteiger partial charge in [0.25, 0.3) is 0 Å². The van der Waals surface area contributed by atoms with E-state index in [1.165, 1.54) is 12.5 Å². The summed E-state index contributed by atoms with van der Waals surface area (Å²) in [5.74, 6) is -2.46. The molecule has 0 fully saturated rings. The van der Waals surface area contributed by atoms with Crippen LogP contribution in [-0.2, 0) is 9.59 Å². The average Bonchev–Trinajstić information content (AvgIpc) is 2.20. The van der Waals surface area contributed by atoms with Gasteiger partial charge in [-0.05, 0) is 12.8 Å². The van der Waals surface area contributed by atoms with Crippen LogP contribution in [0.2, 0.25) is 0 Å². The SMILES string of the molecule is CCCCCC/C=C/C(=C/C(=O)O)C(=O)O. The van der Waals surface area contributed by atoms with E-state index < -0.39 is 11.9 Å². The molecule has 0 saturated heterocycles. The van der Waals surface area contributed by atoms with Crippen molar-refractivity contribution in [3.63, 3.8) is 0 Å². The van der Waals surface area contributed by atoms with E-state index in [9.17, 15) is 9.59 Å². The number of carbonyl (C=O) groups is 2. The van der Waals surface area contributed by atoms with E-state index in [1.807, 2.05) is 0 Å². The van der Waals surface area contributed by atoms with E-state index in [-0.39, 0.29) is 5.57 Å². The lowest BCUT2D eigenvalue weighted by molar-refractivity contribution is -0.134. The molecule has 0 amide bonds. The lowest BCUT2D eigenvalue weighted by Gasteiger charge is -1.95. The van der Waals surface area contributed by atoms with Crippen molar-refractivity contribution >= 4 is 11.9 Å². The highest BCUT2D eigenvalue weighted by molar-refractivity contribution is 5.96.